The van der Waals surface area contributed by atoms with Crippen LogP contribution < -0.4 is 0 Å². The fourth-order valence-electron chi connectivity index (χ4n) is 1.53. The van der Waals surface area contributed by atoms with E-state index in [0.29, 0.717) is 11.7 Å². The van der Waals surface area contributed by atoms with Gasteiger partial charge in [0.25, 0.3) is 0 Å². The van der Waals surface area contributed by atoms with Gasteiger partial charge in [0.05, 0.1) is 0 Å². The summed E-state index contributed by atoms with van der Waals surface area (Å²) in [7, 11) is 0. The van der Waals surface area contributed by atoms with Gasteiger partial charge in [-0.2, -0.15) is 5.26 Å². The van der Waals surface area contributed by atoms with E-state index in [2.05, 4.69) is 4.98 Å². The maximum Gasteiger partial charge on any atom is 0.361 e. The maximum absolute atomic E-state index is 11.8. The molecular formula is C14H12N2O3. The molecule has 1 unspecified atom stereocenters. The molecule has 1 atom stereocenters. The van der Waals surface area contributed by atoms with Gasteiger partial charge in [-0.15, -0.1) is 0 Å². The molecule has 0 N–H and O–H groups in total. The van der Waals surface area contributed by atoms with Gasteiger partial charge in [-0.1, -0.05) is 18.2 Å². The van der Waals surface area contributed by atoms with E-state index in [1.807, 2.05) is 36.4 Å². The molecular weight excluding hydrogens is 244 g/mol. The Morgan fingerprint density at radius 2 is 2.11 bits per heavy atom. The minimum absolute atomic E-state index is 0.0981. The highest BCUT2D eigenvalue weighted by atomic mass is 16.5. The van der Waals surface area contributed by atoms with Crippen LogP contribution in [-0.4, -0.2) is 17.1 Å². The van der Waals surface area contributed by atoms with E-state index >= 15 is 0 Å². The van der Waals surface area contributed by atoms with Crippen LogP contribution >= 0.6 is 0 Å². The molecule has 0 spiro atoms. The smallest absolute Gasteiger partial charge is 0.361 e. The van der Waals surface area contributed by atoms with Gasteiger partial charge >= 0.3 is 5.97 Å². The molecule has 0 aliphatic heterocycles. The maximum atomic E-state index is 11.8. The quantitative estimate of drug-likeness (QED) is 0.789. The molecule has 0 saturated heterocycles. The summed E-state index contributed by atoms with van der Waals surface area (Å²) in [6.45, 7) is 3.12. The Morgan fingerprint density at radius 1 is 1.42 bits per heavy atom. The summed E-state index contributed by atoms with van der Waals surface area (Å²) in [5.74, 6) is 0.0705. The average molecular weight is 256 g/mol. The summed E-state index contributed by atoms with van der Waals surface area (Å²) in [6.07, 6.45) is -0.816. The first kappa shape index (κ1) is 12.8. The van der Waals surface area contributed by atoms with Gasteiger partial charge in [-0.05, 0) is 26.0 Å². The van der Waals surface area contributed by atoms with Crippen molar-refractivity contribution in [3.8, 4) is 17.5 Å². The fraction of sp³-hybridized carbons (Fsp3) is 0.214. The number of aromatic nitrogens is 1. The molecule has 0 fully saturated rings. The van der Waals surface area contributed by atoms with Crippen molar-refractivity contribution in [3.63, 3.8) is 0 Å². The lowest BCUT2D eigenvalue weighted by Crippen LogP contribution is -2.14. The van der Waals surface area contributed by atoms with Crippen LogP contribution in [0.4, 0.5) is 0 Å². The highest BCUT2D eigenvalue weighted by molar-refractivity contribution is 5.89. The number of hydrogen-bond donors (Lipinski definition) is 0. The summed E-state index contributed by atoms with van der Waals surface area (Å²) in [4.78, 5) is 15.9. The van der Waals surface area contributed by atoms with Gasteiger partial charge in [0.15, 0.2) is 11.8 Å². The predicted octanol–water partition coefficient (Wildman–Crippen LogP) is 2.72. The van der Waals surface area contributed by atoms with Crippen molar-refractivity contribution in [2.45, 2.75) is 20.0 Å². The number of aryl methyl sites for hydroxylation is 1. The summed E-state index contributed by atoms with van der Waals surface area (Å²) in [5.41, 5.74) is 0.874. The van der Waals surface area contributed by atoms with Crippen LogP contribution in [0.15, 0.2) is 34.7 Å². The van der Waals surface area contributed by atoms with Crippen LogP contribution in [0.1, 0.15) is 23.2 Å². The van der Waals surface area contributed by atoms with Crippen LogP contribution in [0.25, 0.3) is 11.5 Å². The third-order valence-electron chi connectivity index (χ3n) is 2.48. The molecule has 5 heteroatoms. The zero-order valence-electron chi connectivity index (χ0n) is 10.6. The van der Waals surface area contributed by atoms with Crippen LogP contribution in [0.2, 0.25) is 0 Å². The van der Waals surface area contributed by atoms with E-state index in [1.54, 1.807) is 6.92 Å². The molecule has 0 amide bonds. The van der Waals surface area contributed by atoms with Crippen molar-refractivity contribution in [2.24, 2.45) is 0 Å². The third kappa shape index (κ3) is 2.80. The Hall–Kier alpha value is -2.61. The average Bonchev–Trinajstić information content (AvgIpc) is 2.81. The van der Waals surface area contributed by atoms with Gasteiger partial charge in [0.2, 0.25) is 5.89 Å². The molecule has 2 rings (SSSR count). The molecule has 2 aromatic rings. The van der Waals surface area contributed by atoms with E-state index in [0.717, 1.165) is 5.56 Å². The molecule has 0 bridgehead atoms. The van der Waals surface area contributed by atoms with E-state index < -0.39 is 12.1 Å². The van der Waals surface area contributed by atoms with Crippen molar-refractivity contribution >= 4 is 5.97 Å². The molecule has 0 radical (unpaired) electrons. The van der Waals surface area contributed by atoms with E-state index in [4.69, 9.17) is 14.4 Å². The molecule has 1 heterocycles. The highest BCUT2D eigenvalue weighted by Gasteiger charge is 2.21. The second-order valence-electron chi connectivity index (χ2n) is 3.97. The highest BCUT2D eigenvalue weighted by Crippen LogP contribution is 2.21. The summed E-state index contributed by atoms with van der Waals surface area (Å²) >= 11 is 0. The Kier molecular flexibility index (Phi) is 3.62. The largest absolute Gasteiger partial charge is 0.442 e. The Bertz CT molecular complexity index is 626. The van der Waals surface area contributed by atoms with E-state index in [-0.39, 0.29) is 5.69 Å². The molecule has 96 valence electrons. The number of nitriles is 1. The molecule has 5 nitrogen and oxygen atoms in total. The lowest BCUT2D eigenvalue weighted by molar-refractivity contribution is 0.0427. The standard InChI is InChI=1S/C14H12N2O3/c1-9(8-15)18-14(17)12-10(2)19-13(16-12)11-6-4-3-5-7-11/h3-7,9H,1-2H3. The lowest BCUT2D eigenvalue weighted by Gasteiger charge is -2.02. The Balaban J connectivity index is 2.27. The Labute approximate surface area is 110 Å². The number of oxazole rings is 1. The van der Waals surface area contributed by atoms with Crippen molar-refractivity contribution in [1.29, 1.82) is 5.26 Å². The van der Waals surface area contributed by atoms with Crippen LogP contribution in [0.3, 0.4) is 0 Å². The first-order valence-electron chi connectivity index (χ1n) is 5.75. The second-order valence-corrected chi connectivity index (χ2v) is 3.97. The summed E-state index contributed by atoms with van der Waals surface area (Å²) < 4.78 is 10.3. The monoisotopic (exact) mass is 256 g/mol. The number of ether oxygens (including phenoxy) is 1. The minimum atomic E-state index is -0.816. The number of esters is 1. The third-order valence-corrected chi connectivity index (χ3v) is 2.48. The summed E-state index contributed by atoms with van der Waals surface area (Å²) in [6, 6.07) is 11.1. The van der Waals surface area contributed by atoms with Crippen molar-refractivity contribution < 1.29 is 13.9 Å². The topological polar surface area (TPSA) is 76.1 Å². The van der Waals surface area contributed by atoms with Crippen molar-refractivity contribution in [1.82, 2.24) is 4.98 Å². The first-order valence-corrected chi connectivity index (χ1v) is 5.75. The molecule has 0 aliphatic rings. The predicted molar refractivity (Wildman–Crippen MR) is 67.2 cm³/mol. The van der Waals surface area contributed by atoms with E-state index in [1.165, 1.54) is 6.92 Å². The first-order chi connectivity index (χ1) is 9.11. The number of benzene rings is 1. The number of hydrogen-bond acceptors (Lipinski definition) is 5. The van der Waals surface area contributed by atoms with Gasteiger partial charge in [0.1, 0.15) is 11.8 Å². The second kappa shape index (κ2) is 5.36. The van der Waals surface area contributed by atoms with Crippen LogP contribution in [0.5, 0.6) is 0 Å². The number of carbonyl (C=O) groups is 1. The number of rotatable bonds is 3. The zero-order valence-corrected chi connectivity index (χ0v) is 10.6. The van der Waals surface area contributed by atoms with Crippen molar-refractivity contribution in [3.05, 3.63) is 41.8 Å². The van der Waals surface area contributed by atoms with E-state index in [9.17, 15) is 4.79 Å². The van der Waals surface area contributed by atoms with Gasteiger partial charge in [-0.3, -0.25) is 0 Å². The van der Waals surface area contributed by atoms with Crippen LogP contribution in [0, 0.1) is 18.3 Å². The normalized spacial score (nSPS) is 11.6. The molecule has 19 heavy (non-hydrogen) atoms. The lowest BCUT2D eigenvalue weighted by atomic mass is 10.2. The molecule has 1 aromatic carbocycles. The zero-order chi connectivity index (χ0) is 13.8. The van der Waals surface area contributed by atoms with Gasteiger partial charge < -0.3 is 9.15 Å². The SMILES string of the molecule is Cc1oc(-c2ccccc2)nc1C(=O)OC(C)C#N. The number of nitrogens with zero attached hydrogens (tertiary/aromatic N) is 2. The molecule has 0 saturated carbocycles. The van der Waals surface area contributed by atoms with Gasteiger partial charge in [0, 0.05) is 5.56 Å². The fourth-order valence-corrected chi connectivity index (χ4v) is 1.53. The molecule has 0 aliphatic carbocycles. The molecule has 1 aromatic heterocycles. The van der Waals surface area contributed by atoms with Gasteiger partial charge in [-0.25, -0.2) is 9.78 Å². The summed E-state index contributed by atoms with van der Waals surface area (Å²) in [5, 5.41) is 8.61. The van der Waals surface area contributed by atoms with Crippen molar-refractivity contribution in [2.75, 3.05) is 0 Å². The minimum Gasteiger partial charge on any atom is -0.442 e. The Morgan fingerprint density at radius 3 is 2.74 bits per heavy atom. The van der Waals surface area contributed by atoms with Crippen LogP contribution in [-0.2, 0) is 4.74 Å². The number of carbonyl (C=O) groups excluding carboxylic acids is 1.